The largest absolute Gasteiger partial charge is 0.492 e. The smallest absolute Gasteiger partial charge is 0.255 e. The van der Waals surface area contributed by atoms with Crippen molar-refractivity contribution in [1.29, 1.82) is 0 Å². The quantitative estimate of drug-likeness (QED) is 0.546. The van der Waals surface area contributed by atoms with Gasteiger partial charge in [0.25, 0.3) is 5.91 Å². The fraction of sp³-hybridized carbons (Fsp3) is 0.444. The number of carbonyl (C=O) groups is 1. The van der Waals surface area contributed by atoms with Gasteiger partial charge in [-0.1, -0.05) is 6.07 Å². The van der Waals surface area contributed by atoms with Crippen LogP contribution < -0.4 is 10.1 Å². The number of carbonyl (C=O) groups excluding carboxylic acids is 1. The van der Waals surface area contributed by atoms with Gasteiger partial charge in [0.05, 0.1) is 18.8 Å². The van der Waals surface area contributed by atoms with E-state index in [0.29, 0.717) is 12.2 Å². The summed E-state index contributed by atoms with van der Waals surface area (Å²) in [4.78, 5) is 18.9. The van der Waals surface area contributed by atoms with E-state index in [9.17, 15) is 9.90 Å². The summed E-state index contributed by atoms with van der Waals surface area (Å²) < 4.78 is 5.82. The summed E-state index contributed by atoms with van der Waals surface area (Å²) in [5.74, 6) is 0.617. The van der Waals surface area contributed by atoms with E-state index in [-0.39, 0.29) is 24.1 Å². The molecule has 3 N–H and O–H groups in total. The van der Waals surface area contributed by atoms with Crippen LogP contribution in [0.3, 0.4) is 0 Å². The van der Waals surface area contributed by atoms with Crippen molar-refractivity contribution in [1.82, 2.24) is 15.2 Å². The number of aliphatic hydroxyl groups is 1. The molecule has 2 aliphatic heterocycles. The number of aliphatic hydroxyl groups excluding tert-OH is 1. The number of likely N-dealkylation sites (tertiary alicyclic amines) is 1. The minimum absolute atomic E-state index is 0.100. The average molecular weight is 448 g/mol. The van der Waals surface area contributed by atoms with Crippen molar-refractivity contribution in [3.05, 3.63) is 53.2 Å². The van der Waals surface area contributed by atoms with Crippen molar-refractivity contribution in [2.75, 3.05) is 19.8 Å². The first-order chi connectivity index (χ1) is 15.8. The van der Waals surface area contributed by atoms with E-state index in [1.54, 1.807) is 0 Å². The molecule has 33 heavy (non-hydrogen) atoms. The van der Waals surface area contributed by atoms with Crippen LogP contribution in [0.1, 0.15) is 55.2 Å². The predicted molar refractivity (Wildman–Crippen MR) is 131 cm³/mol. The summed E-state index contributed by atoms with van der Waals surface area (Å²) in [6.07, 6.45) is 3.02. The number of amides is 1. The molecule has 6 heteroatoms. The first-order valence-electron chi connectivity index (χ1n) is 11.9. The summed E-state index contributed by atoms with van der Waals surface area (Å²) >= 11 is 0. The SMILES string of the molecule is CC(C)(C)NC(=O)c1cc(-c2ccc3[nH]c(CN4CCC[C@@H]4CO)cc3c2)cc2c1OCC2. The van der Waals surface area contributed by atoms with Crippen LogP contribution in [0, 0.1) is 0 Å². The summed E-state index contributed by atoms with van der Waals surface area (Å²) in [5, 5.41) is 13.8. The second-order valence-corrected chi connectivity index (χ2v) is 10.4. The van der Waals surface area contributed by atoms with Gasteiger partial charge < -0.3 is 20.1 Å². The standard InChI is InChI=1S/C27H33N3O3/c1-27(2,3)29-26(32)23-14-19(12-18-8-10-33-25(18)23)17-6-7-24-20(11-17)13-21(28-24)15-30-9-4-5-22(30)16-31/h6-7,11-14,22,28,31H,4-5,8-10,15-16H2,1-3H3,(H,29,32)/t22-/m1/s1. The van der Waals surface area contributed by atoms with Crippen molar-refractivity contribution in [3.63, 3.8) is 0 Å². The maximum atomic E-state index is 13.0. The Labute approximate surface area is 194 Å². The minimum Gasteiger partial charge on any atom is -0.492 e. The van der Waals surface area contributed by atoms with E-state index < -0.39 is 0 Å². The van der Waals surface area contributed by atoms with Crippen molar-refractivity contribution in [2.45, 2.75) is 58.2 Å². The molecule has 3 aromatic rings. The third kappa shape index (κ3) is 4.50. The highest BCUT2D eigenvalue weighted by Crippen LogP contribution is 2.36. The molecule has 0 unspecified atom stereocenters. The van der Waals surface area contributed by atoms with Gasteiger partial charge in [-0.2, -0.15) is 0 Å². The molecule has 5 rings (SSSR count). The van der Waals surface area contributed by atoms with Crippen LogP contribution in [0.5, 0.6) is 5.75 Å². The van der Waals surface area contributed by atoms with Crippen LogP contribution in [0.15, 0.2) is 36.4 Å². The fourth-order valence-electron chi connectivity index (χ4n) is 5.04. The lowest BCUT2D eigenvalue weighted by molar-refractivity contribution is 0.0916. The number of nitrogens with zero attached hydrogens (tertiary/aromatic N) is 1. The average Bonchev–Trinajstić information content (AvgIpc) is 3.50. The number of H-pyrrole nitrogens is 1. The molecule has 3 heterocycles. The molecule has 2 aromatic carbocycles. The topological polar surface area (TPSA) is 77.6 Å². The van der Waals surface area contributed by atoms with E-state index in [1.807, 2.05) is 26.8 Å². The molecule has 1 atom stereocenters. The summed E-state index contributed by atoms with van der Waals surface area (Å²) in [6.45, 7) is 8.64. The van der Waals surface area contributed by atoms with Gasteiger partial charge in [-0.3, -0.25) is 9.69 Å². The predicted octanol–water partition coefficient (Wildman–Crippen LogP) is 4.25. The lowest BCUT2D eigenvalue weighted by atomic mass is 9.96. The van der Waals surface area contributed by atoms with Gasteiger partial charge in [-0.05, 0) is 87.2 Å². The van der Waals surface area contributed by atoms with Gasteiger partial charge in [0.1, 0.15) is 5.75 Å². The summed E-state index contributed by atoms with van der Waals surface area (Å²) in [7, 11) is 0. The first kappa shape index (κ1) is 22.0. The van der Waals surface area contributed by atoms with Crippen LogP contribution >= 0.6 is 0 Å². The second-order valence-electron chi connectivity index (χ2n) is 10.4. The first-order valence-corrected chi connectivity index (χ1v) is 11.9. The molecule has 1 aromatic heterocycles. The van der Waals surface area contributed by atoms with Crippen LogP contribution in [-0.2, 0) is 13.0 Å². The number of benzene rings is 2. The Balaban J connectivity index is 1.46. The minimum atomic E-state index is -0.316. The lowest BCUT2D eigenvalue weighted by Crippen LogP contribution is -2.40. The van der Waals surface area contributed by atoms with E-state index in [1.165, 1.54) is 0 Å². The zero-order chi connectivity index (χ0) is 23.2. The van der Waals surface area contributed by atoms with Crippen molar-refractivity contribution < 1.29 is 14.6 Å². The highest BCUT2D eigenvalue weighted by Gasteiger charge is 2.26. The van der Waals surface area contributed by atoms with Crippen molar-refractivity contribution in [2.24, 2.45) is 0 Å². The number of hydrogen-bond acceptors (Lipinski definition) is 4. The highest BCUT2D eigenvalue weighted by molar-refractivity contribution is 5.99. The van der Waals surface area contributed by atoms with Gasteiger partial charge in [0.2, 0.25) is 0 Å². The van der Waals surface area contributed by atoms with Crippen LogP contribution in [0.25, 0.3) is 22.0 Å². The molecule has 2 aliphatic rings. The summed E-state index contributed by atoms with van der Waals surface area (Å²) in [6, 6.07) is 13.0. The third-order valence-corrected chi connectivity index (χ3v) is 6.61. The number of aromatic amines is 1. The number of ether oxygens (including phenoxy) is 1. The van der Waals surface area contributed by atoms with Gasteiger partial charge in [-0.15, -0.1) is 0 Å². The van der Waals surface area contributed by atoms with Gasteiger partial charge in [0, 0.05) is 41.1 Å². The molecular formula is C27H33N3O3. The second kappa shape index (κ2) is 8.50. The molecule has 6 nitrogen and oxygen atoms in total. The molecular weight excluding hydrogens is 414 g/mol. The lowest BCUT2D eigenvalue weighted by Gasteiger charge is -2.21. The molecule has 0 spiro atoms. The Morgan fingerprint density at radius 1 is 1.21 bits per heavy atom. The van der Waals surface area contributed by atoms with Gasteiger partial charge in [0.15, 0.2) is 0 Å². The number of aromatic nitrogens is 1. The Morgan fingerprint density at radius 3 is 2.85 bits per heavy atom. The van der Waals surface area contributed by atoms with Crippen LogP contribution in [-0.4, -0.2) is 52.2 Å². The Kier molecular flexibility index (Phi) is 5.67. The number of hydrogen-bond donors (Lipinski definition) is 3. The number of nitrogens with one attached hydrogen (secondary N) is 2. The van der Waals surface area contributed by atoms with Crippen molar-refractivity contribution >= 4 is 16.8 Å². The zero-order valence-corrected chi connectivity index (χ0v) is 19.7. The molecule has 174 valence electrons. The molecule has 0 saturated carbocycles. The van der Waals surface area contributed by atoms with Crippen LogP contribution in [0.4, 0.5) is 0 Å². The Hall–Kier alpha value is -2.83. The molecule has 1 amide bonds. The van der Waals surface area contributed by atoms with Crippen molar-refractivity contribution in [3.8, 4) is 16.9 Å². The Morgan fingerprint density at radius 2 is 2.06 bits per heavy atom. The number of rotatable bonds is 5. The molecule has 0 aliphatic carbocycles. The third-order valence-electron chi connectivity index (χ3n) is 6.61. The maximum absolute atomic E-state index is 13.0. The van der Waals surface area contributed by atoms with E-state index in [4.69, 9.17) is 4.74 Å². The highest BCUT2D eigenvalue weighted by atomic mass is 16.5. The van der Waals surface area contributed by atoms with E-state index in [2.05, 4.69) is 45.5 Å². The normalized spacial score (nSPS) is 18.5. The monoisotopic (exact) mass is 447 g/mol. The van der Waals surface area contributed by atoms with Gasteiger partial charge >= 0.3 is 0 Å². The molecule has 1 fully saturated rings. The van der Waals surface area contributed by atoms with E-state index >= 15 is 0 Å². The molecule has 1 saturated heterocycles. The maximum Gasteiger partial charge on any atom is 0.255 e. The molecule has 0 bridgehead atoms. The van der Waals surface area contributed by atoms with E-state index in [0.717, 1.165) is 71.4 Å². The molecule has 0 radical (unpaired) electrons. The fourth-order valence-corrected chi connectivity index (χ4v) is 5.04. The number of fused-ring (bicyclic) bond motifs is 2. The zero-order valence-electron chi connectivity index (χ0n) is 19.7. The van der Waals surface area contributed by atoms with Gasteiger partial charge in [-0.25, -0.2) is 0 Å². The summed E-state index contributed by atoms with van der Waals surface area (Å²) in [5.41, 5.74) is 5.76. The Bertz CT molecular complexity index is 1190. The van der Waals surface area contributed by atoms with Crippen LogP contribution in [0.2, 0.25) is 0 Å².